The third-order valence-corrected chi connectivity index (χ3v) is 2.13. The molecule has 0 heterocycles. The lowest BCUT2D eigenvalue weighted by atomic mass is 9.89. The molecule has 1 heteroatoms. The molecule has 1 aliphatic rings. The molecule has 9 heavy (non-hydrogen) atoms. The van der Waals surface area contributed by atoms with Gasteiger partial charge in [-0.1, -0.05) is 20.8 Å². The fraction of sp³-hybridized carbons (Fsp3) is 0.875. The molecule has 0 unspecified atom stereocenters. The van der Waals surface area contributed by atoms with Gasteiger partial charge in [0, 0.05) is 5.92 Å². The van der Waals surface area contributed by atoms with E-state index in [1.807, 2.05) is 0 Å². The van der Waals surface area contributed by atoms with Crippen LogP contribution >= 0.6 is 0 Å². The maximum absolute atomic E-state index is 10.2. The standard InChI is InChI=1S/C8H14O/c1-8(2,3)7-4-6(7)5-9/h5-7H,4H2,1-3H3/t6-,7-/m1/s1. The second-order valence-corrected chi connectivity index (χ2v) is 4.01. The summed E-state index contributed by atoms with van der Waals surface area (Å²) in [6, 6.07) is 0. The Morgan fingerprint density at radius 3 is 2.11 bits per heavy atom. The normalized spacial score (nSPS) is 34.1. The summed E-state index contributed by atoms with van der Waals surface area (Å²) in [6.45, 7) is 6.59. The summed E-state index contributed by atoms with van der Waals surface area (Å²) >= 11 is 0. The van der Waals surface area contributed by atoms with E-state index in [-0.39, 0.29) is 0 Å². The molecule has 0 aromatic heterocycles. The molecule has 1 aliphatic carbocycles. The topological polar surface area (TPSA) is 17.1 Å². The van der Waals surface area contributed by atoms with Gasteiger partial charge in [-0.15, -0.1) is 0 Å². The highest BCUT2D eigenvalue weighted by Gasteiger charge is 2.44. The summed E-state index contributed by atoms with van der Waals surface area (Å²) in [7, 11) is 0. The van der Waals surface area contributed by atoms with Crippen molar-refractivity contribution in [3.8, 4) is 0 Å². The molecule has 1 saturated carbocycles. The molecule has 1 rings (SSSR count). The lowest BCUT2D eigenvalue weighted by Gasteiger charge is -2.16. The number of carbonyl (C=O) groups is 1. The average Bonchev–Trinajstić information content (AvgIpc) is 2.39. The Labute approximate surface area is 56.4 Å². The van der Waals surface area contributed by atoms with Crippen LogP contribution in [0.1, 0.15) is 27.2 Å². The second kappa shape index (κ2) is 1.83. The third kappa shape index (κ3) is 1.32. The van der Waals surface area contributed by atoms with Gasteiger partial charge in [-0.2, -0.15) is 0 Å². The Morgan fingerprint density at radius 2 is 2.00 bits per heavy atom. The number of aldehydes is 1. The number of carbonyl (C=O) groups excluding carboxylic acids is 1. The Kier molecular flexibility index (Phi) is 1.38. The summed E-state index contributed by atoms with van der Waals surface area (Å²) in [5.74, 6) is 1.04. The van der Waals surface area contributed by atoms with E-state index in [4.69, 9.17) is 0 Å². The van der Waals surface area contributed by atoms with Gasteiger partial charge in [0.15, 0.2) is 0 Å². The number of hydrogen-bond donors (Lipinski definition) is 0. The van der Waals surface area contributed by atoms with E-state index in [0.717, 1.165) is 12.7 Å². The first-order valence-electron chi connectivity index (χ1n) is 3.51. The SMILES string of the molecule is CC(C)(C)[C@@H]1C[C@@H]1C=O. The van der Waals surface area contributed by atoms with E-state index in [1.54, 1.807) is 0 Å². The smallest absolute Gasteiger partial charge is 0.123 e. The van der Waals surface area contributed by atoms with E-state index in [9.17, 15) is 4.79 Å². The van der Waals surface area contributed by atoms with Gasteiger partial charge in [-0.25, -0.2) is 0 Å². The van der Waals surface area contributed by atoms with Crippen molar-refractivity contribution in [2.75, 3.05) is 0 Å². The molecule has 0 aromatic rings. The maximum Gasteiger partial charge on any atom is 0.123 e. The predicted octanol–water partition coefficient (Wildman–Crippen LogP) is 1.87. The Morgan fingerprint density at radius 1 is 1.44 bits per heavy atom. The zero-order chi connectivity index (χ0) is 7.07. The largest absolute Gasteiger partial charge is 0.303 e. The Bertz CT molecular complexity index is 121. The van der Waals surface area contributed by atoms with Crippen molar-refractivity contribution in [3.05, 3.63) is 0 Å². The van der Waals surface area contributed by atoms with Crippen molar-refractivity contribution >= 4 is 6.29 Å². The van der Waals surface area contributed by atoms with Crippen LogP contribution in [-0.4, -0.2) is 6.29 Å². The highest BCUT2D eigenvalue weighted by atomic mass is 16.1. The number of hydrogen-bond acceptors (Lipinski definition) is 1. The molecule has 0 aliphatic heterocycles. The summed E-state index contributed by atoms with van der Waals surface area (Å²) in [6.07, 6.45) is 2.21. The molecule has 52 valence electrons. The number of rotatable bonds is 1. The van der Waals surface area contributed by atoms with Crippen LogP contribution in [0.2, 0.25) is 0 Å². The van der Waals surface area contributed by atoms with Gasteiger partial charge in [0.25, 0.3) is 0 Å². The zero-order valence-corrected chi connectivity index (χ0v) is 6.35. The first-order valence-corrected chi connectivity index (χ1v) is 3.51. The van der Waals surface area contributed by atoms with Crippen molar-refractivity contribution in [2.45, 2.75) is 27.2 Å². The van der Waals surface area contributed by atoms with Crippen molar-refractivity contribution in [1.82, 2.24) is 0 Å². The minimum atomic E-state index is 0.353. The van der Waals surface area contributed by atoms with Gasteiger partial charge in [0.2, 0.25) is 0 Å². The molecule has 2 atom stereocenters. The highest BCUT2D eigenvalue weighted by Crippen LogP contribution is 2.49. The lowest BCUT2D eigenvalue weighted by Crippen LogP contribution is -2.09. The molecule has 0 N–H and O–H groups in total. The fourth-order valence-corrected chi connectivity index (χ4v) is 1.36. The van der Waals surface area contributed by atoms with E-state index in [2.05, 4.69) is 20.8 Å². The van der Waals surface area contributed by atoms with Crippen LogP contribution in [-0.2, 0) is 4.79 Å². The van der Waals surface area contributed by atoms with Crippen LogP contribution in [0.25, 0.3) is 0 Å². The van der Waals surface area contributed by atoms with Crippen molar-refractivity contribution in [3.63, 3.8) is 0 Å². The molecule has 0 bridgehead atoms. The molecule has 0 saturated heterocycles. The van der Waals surface area contributed by atoms with Crippen LogP contribution in [0.4, 0.5) is 0 Å². The van der Waals surface area contributed by atoms with E-state index in [0.29, 0.717) is 17.3 Å². The maximum atomic E-state index is 10.2. The van der Waals surface area contributed by atoms with Gasteiger partial charge in [0.1, 0.15) is 6.29 Å². The van der Waals surface area contributed by atoms with Gasteiger partial charge in [-0.05, 0) is 17.8 Å². The summed E-state index contributed by atoms with van der Waals surface area (Å²) in [5.41, 5.74) is 0.353. The van der Waals surface area contributed by atoms with Crippen LogP contribution < -0.4 is 0 Å². The van der Waals surface area contributed by atoms with Crippen LogP contribution in [0.15, 0.2) is 0 Å². The quantitative estimate of drug-likeness (QED) is 0.490. The van der Waals surface area contributed by atoms with Crippen molar-refractivity contribution in [1.29, 1.82) is 0 Å². The van der Waals surface area contributed by atoms with E-state index in [1.165, 1.54) is 0 Å². The Hall–Kier alpha value is -0.330. The van der Waals surface area contributed by atoms with Gasteiger partial charge >= 0.3 is 0 Å². The van der Waals surface area contributed by atoms with Gasteiger partial charge < -0.3 is 4.79 Å². The lowest BCUT2D eigenvalue weighted by molar-refractivity contribution is -0.109. The first-order chi connectivity index (χ1) is 4.05. The molecule has 0 amide bonds. The summed E-state index contributed by atoms with van der Waals surface area (Å²) < 4.78 is 0. The minimum absolute atomic E-state index is 0.353. The van der Waals surface area contributed by atoms with Crippen LogP contribution in [0.3, 0.4) is 0 Å². The monoisotopic (exact) mass is 126 g/mol. The Balaban J connectivity index is 2.42. The molecule has 0 radical (unpaired) electrons. The first kappa shape index (κ1) is 6.79. The van der Waals surface area contributed by atoms with Crippen molar-refractivity contribution < 1.29 is 4.79 Å². The molecular weight excluding hydrogens is 112 g/mol. The van der Waals surface area contributed by atoms with E-state index < -0.39 is 0 Å². The van der Waals surface area contributed by atoms with Crippen LogP contribution in [0.5, 0.6) is 0 Å². The van der Waals surface area contributed by atoms with E-state index >= 15 is 0 Å². The van der Waals surface area contributed by atoms with Crippen molar-refractivity contribution in [2.24, 2.45) is 17.3 Å². The molecule has 0 aromatic carbocycles. The summed E-state index contributed by atoms with van der Waals surface area (Å²) in [4.78, 5) is 10.2. The zero-order valence-electron chi connectivity index (χ0n) is 6.35. The molecule has 0 spiro atoms. The predicted molar refractivity (Wildman–Crippen MR) is 37.1 cm³/mol. The average molecular weight is 126 g/mol. The molecule has 1 nitrogen and oxygen atoms in total. The van der Waals surface area contributed by atoms with Gasteiger partial charge in [-0.3, -0.25) is 0 Å². The minimum Gasteiger partial charge on any atom is -0.303 e. The highest BCUT2D eigenvalue weighted by molar-refractivity contribution is 5.58. The van der Waals surface area contributed by atoms with Crippen LogP contribution in [0, 0.1) is 17.3 Å². The fourth-order valence-electron chi connectivity index (χ4n) is 1.36. The summed E-state index contributed by atoms with van der Waals surface area (Å²) in [5, 5.41) is 0. The molecular formula is C8H14O. The third-order valence-electron chi connectivity index (χ3n) is 2.13. The van der Waals surface area contributed by atoms with Gasteiger partial charge in [0.05, 0.1) is 0 Å². The second-order valence-electron chi connectivity index (χ2n) is 4.01. The molecule has 1 fully saturated rings.